The third-order valence-corrected chi connectivity index (χ3v) is 2.23. The summed E-state index contributed by atoms with van der Waals surface area (Å²) in [5, 5.41) is 2.60. The number of amides is 1. The highest BCUT2D eigenvalue weighted by Gasteiger charge is 2.38. The van der Waals surface area contributed by atoms with Gasteiger partial charge in [0.25, 0.3) is 0 Å². The largest absolute Gasteiger partial charge is 0.467 e. The molecule has 0 saturated carbocycles. The quantitative estimate of drug-likeness (QED) is 0.788. The van der Waals surface area contributed by atoms with Crippen molar-refractivity contribution >= 4 is 12.1 Å². The van der Waals surface area contributed by atoms with Crippen molar-refractivity contribution in [1.29, 1.82) is 0 Å². The molecule has 0 aromatic heterocycles. The lowest BCUT2D eigenvalue weighted by atomic mass is 9.91. The molecule has 0 bridgehead atoms. The van der Waals surface area contributed by atoms with E-state index in [1.165, 1.54) is 7.11 Å². The number of hydrogen-bond acceptors (Lipinski definition) is 4. The third-order valence-electron chi connectivity index (χ3n) is 2.23. The van der Waals surface area contributed by atoms with E-state index in [1.54, 1.807) is 27.7 Å². The molecule has 0 fully saturated rings. The van der Waals surface area contributed by atoms with Crippen molar-refractivity contribution in [3.8, 4) is 0 Å². The standard InChI is InChI=1S/C13H25NO4/c1-9(2)8-13(6,10(15)17-7)14-11(16)18-12(3,4)5/h9H,8H2,1-7H3,(H,14,16). The highest BCUT2D eigenvalue weighted by Crippen LogP contribution is 2.19. The Kier molecular flexibility index (Phi) is 5.64. The van der Waals surface area contributed by atoms with Gasteiger partial charge < -0.3 is 14.8 Å². The molecule has 5 heteroatoms. The van der Waals surface area contributed by atoms with Gasteiger partial charge in [-0.05, 0) is 40.0 Å². The van der Waals surface area contributed by atoms with E-state index >= 15 is 0 Å². The molecule has 1 atom stereocenters. The summed E-state index contributed by atoms with van der Waals surface area (Å²) >= 11 is 0. The van der Waals surface area contributed by atoms with E-state index in [4.69, 9.17) is 9.47 Å². The van der Waals surface area contributed by atoms with E-state index in [0.29, 0.717) is 6.42 Å². The Morgan fingerprint density at radius 2 is 1.67 bits per heavy atom. The minimum atomic E-state index is -1.06. The molecule has 0 aromatic rings. The topological polar surface area (TPSA) is 64.6 Å². The fraction of sp³-hybridized carbons (Fsp3) is 0.846. The Hall–Kier alpha value is -1.26. The van der Waals surface area contributed by atoms with Crippen LogP contribution in [0.1, 0.15) is 48.0 Å². The molecule has 1 amide bonds. The first kappa shape index (κ1) is 16.7. The lowest BCUT2D eigenvalue weighted by Gasteiger charge is -2.30. The zero-order valence-electron chi connectivity index (χ0n) is 12.4. The summed E-state index contributed by atoms with van der Waals surface area (Å²) in [6, 6.07) is 0. The van der Waals surface area contributed by atoms with Gasteiger partial charge in [0.15, 0.2) is 0 Å². The third kappa shape index (κ3) is 5.89. The van der Waals surface area contributed by atoms with Gasteiger partial charge in [-0.15, -0.1) is 0 Å². The zero-order chi connectivity index (χ0) is 14.6. The van der Waals surface area contributed by atoms with Gasteiger partial charge in [-0.3, -0.25) is 0 Å². The fourth-order valence-corrected chi connectivity index (χ4v) is 1.76. The van der Waals surface area contributed by atoms with Crippen molar-refractivity contribution in [2.24, 2.45) is 5.92 Å². The molecular formula is C13H25NO4. The van der Waals surface area contributed by atoms with E-state index in [-0.39, 0.29) is 5.92 Å². The van der Waals surface area contributed by atoms with Gasteiger partial charge in [0.2, 0.25) is 0 Å². The van der Waals surface area contributed by atoms with E-state index in [9.17, 15) is 9.59 Å². The molecule has 0 aliphatic heterocycles. The molecular weight excluding hydrogens is 234 g/mol. The van der Waals surface area contributed by atoms with Crippen LogP contribution >= 0.6 is 0 Å². The van der Waals surface area contributed by atoms with Gasteiger partial charge in [-0.25, -0.2) is 9.59 Å². The fourth-order valence-electron chi connectivity index (χ4n) is 1.76. The second-order valence-electron chi connectivity index (χ2n) is 6.05. The lowest BCUT2D eigenvalue weighted by Crippen LogP contribution is -2.54. The van der Waals surface area contributed by atoms with Crippen LogP contribution < -0.4 is 5.32 Å². The number of esters is 1. The van der Waals surface area contributed by atoms with E-state index in [1.807, 2.05) is 13.8 Å². The summed E-state index contributed by atoms with van der Waals surface area (Å²) in [5.41, 5.74) is -1.66. The van der Waals surface area contributed by atoms with Crippen molar-refractivity contribution in [3.63, 3.8) is 0 Å². The first-order valence-electron chi connectivity index (χ1n) is 6.10. The van der Waals surface area contributed by atoms with Crippen LogP contribution in [-0.4, -0.2) is 30.3 Å². The van der Waals surface area contributed by atoms with Crippen LogP contribution in [0.4, 0.5) is 4.79 Å². The minimum absolute atomic E-state index is 0.240. The Bertz CT molecular complexity index is 307. The van der Waals surface area contributed by atoms with E-state index < -0.39 is 23.2 Å². The highest BCUT2D eigenvalue weighted by atomic mass is 16.6. The van der Waals surface area contributed by atoms with Gasteiger partial charge in [0.05, 0.1) is 7.11 Å². The Morgan fingerprint density at radius 3 is 2.00 bits per heavy atom. The second kappa shape index (κ2) is 6.07. The normalized spacial score (nSPS) is 14.9. The van der Waals surface area contributed by atoms with Crippen LogP contribution in [0.5, 0.6) is 0 Å². The van der Waals surface area contributed by atoms with Crippen molar-refractivity contribution < 1.29 is 19.1 Å². The summed E-state index contributed by atoms with van der Waals surface area (Å²) in [5.74, 6) is -0.230. The molecule has 0 heterocycles. The molecule has 0 aromatic carbocycles. The second-order valence-corrected chi connectivity index (χ2v) is 6.05. The first-order valence-corrected chi connectivity index (χ1v) is 6.10. The smallest absolute Gasteiger partial charge is 0.408 e. The molecule has 1 N–H and O–H groups in total. The van der Waals surface area contributed by atoms with Gasteiger partial charge in [0.1, 0.15) is 11.1 Å². The molecule has 0 aliphatic carbocycles. The van der Waals surface area contributed by atoms with Crippen molar-refractivity contribution in [3.05, 3.63) is 0 Å². The Balaban J connectivity index is 4.80. The predicted octanol–water partition coefficient (Wildman–Crippen LogP) is 2.49. The maximum absolute atomic E-state index is 11.8. The van der Waals surface area contributed by atoms with Gasteiger partial charge in [-0.2, -0.15) is 0 Å². The van der Waals surface area contributed by atoms with E-state index in [2.05, 4.69) is 5.32 Å². The average Bonchev–Trinajstić information content (AvgIpc) is 2.11. The van der Waals surface area contributed by atoms with Gasteiger partial charge in [-0.1, -0.05) is 13.8 Å². The first-order chi connectivity index (χ1) is 8.00. The molecule has 5 nitrogen and oxygen atoms in total. The summed E-state index contributed by atoms with van der Waals surface area (Å²) in [6.45, 7) is 10.9. The number of alkyl carbamates (subject to hydrolysis) is 1. The van der Waals surface area contributed by atoms with Gasteiger partial charge >= 0.3 is 12.1 Å². The number of rotatable bonds is 4. The SMILES string of the molecule is COC(=O)C(C)(CC(C)C)NC(=O)OC(C)(C)C. The average molecular weight is 259 g/mol. The van der Waals surface area contributed by atoms with Crippen LogP contribution in [0.25, 0.3) is 0 Å². The Labute approximate surface area is 109 Å². The van der Waals surface area contributed by atoms with Crippen LogP contribution in [0.15, 0.2) is 0 Å². The molecule has 0 aliphatic rings. The van der Waals surface area contributed by atoms with Crippen molar-refractivity contribution in [2.75, 3.05) is 7.11 Å². The maximum Gasteiger partial charge on any atom is 0.408 e. The number of nitrogens with one attached hydrogen (secondary N) is 1. The summed E-state index contributed by atoms with van der Waals surface area (Å²) in [6.07, 6.45) is -0.130. The number of ether oxygens (including phenoxy) is 2. The number of carbonyl (C=O) groups is 2. The molecule has 18 heavy (non-hydrogen) atoms. The number of methoxy groups -OCH3 is 1. The van der Waals surface area contributed by atoms with E-state index in [0.717, 1.165) is 0 Å². The summed E-state index contributed by atoms with van der Waals surface area (Å²) in [4.78, 5) is 23.5. The van der Waals surface area contributed by atoms with Crippen LogP contribution in [-0.2, 0) is 14.3 Å². The highest BCUT2D eigenvalue weighted by molar-refractivity contribution is 5.85. The predicted molar refractivity (Wildman–Crippen MR) is 69.2 cm³/mol. The number of hydrogen-bond donors (Lipinski definition) is 1. The van der Waals surface area contributed by atoms with Crippen LogP contribution in [0.3, 0.4) is 0 Å². The molecule has 1 unspecified atom stereocenters. The Morgan fingerprint density at radius 1 is 1.17 bits per heavy atom. The molecule has 0 spiro atoms. The van der Waals surface area contributed by atoms with Crippen LogP contribution in [0.2, 0.25) is 0 Å². The minimum Gasteiger partial charge on any atom is -0.467 e. The van der Waals surface area contributed by atoms with Crippen molar-refractivity contribution in [2.45, 2.75) is 59.1 Å². The monoisotopic (exact) mass is 259 g/mol. The van der Waals surface area contributed by atoms with Crippen molar-refractivity contribution in [1.82, 2.24) is 5.32 Å². The molecule has 0 radical (unpaired) electrons. The summed E-state index contributed by atoms with van der Waals surface area (Å²) < 4.78 is 9.89. The molecule has 0 saturated heterocycles. The number of carbonyl (C=O) groups excluding carboxylic acids is 2. The maximum atomic E-state index is 11.8. The zero-order valence-corrected chi connectivity index (χ0v) is 12.4. The van der Waals surface area contributed by atoms with Crippen LogP contribution in [0, 0.1) is 5.92 Å². The lowest BCUT2D eigenvalue weighted by molar-refractivity contribution is -0.148. The van der Waals surface area contributed by atoms with Gasteiger partial charge in [0, 0.05) is 0 Å². The molecule has 106 valence electrons. The molecule has 0 rings (SSSR count). The summed E-state index contributed by atoms with van der Waals surface area (Å²) in [7, 11) is 1.30.